The quantitative estimate of drug-likeness (QED) is 0.701. The Kier molecular flexibility index (Phi) is 3.59. The molecule has 0 unspecified atom stereocenters. The van der Waals surface area contributed by atoms with Crippen LogP contribution >= 0.6 is 0 Å². The van der Waals surface area contributed by atoms with Crippen molar-refractivity contribution >= 4 is 5.78 Å². The van der Waals surface area contributed by atoms with Crippen LogP contribution in [0.2, 0.25) is 0 Å². The van der Waals surface area contributed by atoms with Crippen molar-refractivity contribution in [1.29, 1.82) is 0 Å². The van der Waals surface area contributed by atoms with E-state index in [-0.39, 0.29) is 24.5 Å². The van der Waals surface area contributed by atoms with Crippen molar-refractivity contribution in [2.75, 3.05) is 19.6 Å². The van der Waals surface area contributed by atoms with Crippen molar-refractivity contribution in [1.82, 2.24) is 4.90 Å². The third kappa shape index (κ3) is 3.33. The number of halogens is 2. The number of rotatable bonds is 3. The van der Waals surface area contributed by atoms with Crippen LogP contribution in [0.5, 0.6) is 0 Å². The molecule has 1 rings (SSSR count). The monoisotopic (exact) mass is 205 g/mol. The third-order valence-corrected chi connectivity index (χ3v) is 2.61. The second-order valence-electron chi connectivity index (χ2n) is 4.25. The molecule has 14 heavy (non-hydrogen) atoms. The van der Waals surface area contributed by atoms with Gasteiger partial charge in [0.05, 0.1) is 6.54 Å². The van der Waals surface area contributed by atoms with E-state index in [1.807, 2.05) is 18.7 Å². The molecule has 0 radical (unpaired) electrons. The van der Waals surface area contributed by atoms with Gasteiger partial charge in [-0.25, -0.2) is 8.78 Å². The van der Waals surface area contributed by atoms with Gasteiger partial charge in [0, 0.05) is 31.8 Å². The molecule has 0 spiro atoms. The van der Waals surface area contributed by atoms with Crippen LogP contribution < -0.4 is 0 Å². The fourth-order valence-corrected chi connectivity index (χ4v) is 1.44. The van der Waals surface area contributed by atoms with Crippen molar-refractivity contribution in [3.63, 3.8) is 0 Å². The molecule has 2 nitrogen and oxygen atoms in total. The van der Waals surface area contributed by atoms with Gasteiger partial charge in [-0.2, -0.15) is 0 Å². The summed E-state index contributed by atoms with van der Waals surface area (Å²) in [6.07, 6.45) is -0.225. The maximum Gasteiger partial charge on any atom is 0.250 e. The summed E-state index contributed by atoms with van der Waals surface area (Å²) in [6.45, 7) is 4.67. The van der Waals surface area contributed by atoms with E-state index in [4.69, 9.17) is 0 Å². The minimum atomic E-state index is -2.52. The number of Topliss-reactive ketones (excluding diaryl/α,β-unsaturated/α-hetero) is 1. The van der Waals surface area contributed by atoms with E-state index in [1.54, 1.807) is 0 Å². The summed E-state index contributed by atoms with van der Waals surface area (Å²) in [5, 5.41) is 0. The molecule has 0 N–H and O–H groups in total. The first-order valence-corrected chi connectivity index (χ1v) is 5.03. The lowest BCUT2D eigenvalue weighted by molar-refractivity contribution is -0.125. The molecule has 1 aliphatic rings. The van der Waals surface area contributed by atoms with Crippen molar-refractivity contribution in [3.8, 4) is 0 Å². The summed E-state index contributed by atoms with van der Waals surface area (Å²) in [7, 11) is 0. The zero-order chi connectivity index (χ0) is 10.8. The van der Waals surface area contributed by atoms with Crippen LogP contribution in [0.15, 0.2) is 0 Å². The molecule has 0 amide bonds. The second kappa shape index (κ2) is 4.34. The molecule has 82 valence electrons. The van der Waals surface area contributed by atoms with Crippen LogP contribution in [0.3, 0.4) is 0 Å². The molecular formula is C10H17F2NO. The molecule has 0 aliphatic carbocycles. The zero-order valence-corrected chi connectivity index (χ0v) is 8.72. The smallest absolute Gasteiger partial charge is 0.250 e. The van der Waals surface area contributed by atoms with Crippen LogP contribution in [-0.4, -0.2) is 36.2 Å². The van der Waals surface area contributed by atoms with E-state index in [0.717, 1.165) is 0 Å². The van der Waals surface area contributed by atoms with Gasteiger partial charge in [0.1, 0.15) is 5.78 Å². The Balaban J connectivity index is 2.33. The van der Waals surface area contributed by atoms with Gasteiger partial charge in [0.15, 0.2) is 0 Å². The number of carbonyl (C=O) groups is 1. The van der Waals surface area contributed by atoms with Gasteiger partial charge in [0.2, 0.25) is 0 Å². The number of alkyl halides is 2. The highest BCUT2D eigenvalue weighted by Gasteiger charge is 2.34. The Bertz CT molecular complexity index is 206. The van der Waals surface area contributed by atoms with E-state index < -0.39 is 5.92 Å². The fraction of sp³-hybridized carbons (Fsp3) is 0.900. The highest BCUT2D eigenvalue weighted by Crippen LogP contribution is 2.27. The molecule has 0 atom stereocenters. The summed E-state index contributed by atoms with van der Waals surface area (Å²) < 4.78 is 25.5. The number of hydrogen-bond donors (Lipinski definition) is 0. The molecule has 0 aromatic carbocycles. The first-order valence-electron chi connectivity index (χ1n) is 5.03. The van der Waals surface area contributed by atoms with E-state index in [9.17, 15) is 13.6 Å². The standard InChI is InChI=1S/C10H17F2NO/c1-8(2)9(14)7-13-5-3-10(11,12)4-6-13/h8H,3-7H2,1-2H3. The topological polar surface area (TPSA) is 20.3 Å². The fourth-order valence-electron chi connectivity index (χ4n) is 1.44. The van der Waals surface area contributed by atoms with Crippen LogP contribution in [0, 0.1) is 5.92 Å². The first-order chi connectivity index (χ1) is 6.41. The van der Waals surface area contributed by atoms with Crippen molar-refractivity contribution in [2.24, 2.45) is 5.92 Å². The van der Waals surface area contributed by atoms with E-state index in [0.29, 0.717) is 19.6 Å². The maximum absolute atomic E-state index is 12.8. The second-order valence-corrected chi connectivity index (χ2v) is 4.25. The molecular weight excluding hydrogens is 188 g/mol. The molecule has 0 aromatic heterocycles. The van der Waals surface area contributed by atoms with E-state index >= 15 is 0 Å². The van der Waals surface area contributed by atoms with Crippen LogP contribution in [0.4, 0.5) is 8.78 Å². The molecule has 0 aromatic rings. The van der Waals surface area contributed by atoms with Gasteiger partial charge in [0.25, 0.3) is 5.92 Å². The molecule has 0 saturated carbocycles. The van der Waals surface area contributed by atoms with Crippen LogP contribution in [0.1, 0.15) is 26.7 Å². The average Bonchev–Trinajstić information content (AvgIpc) is 2.08. The highest BCUT2D eigenvalue weighted by molar-refractivity contribution is 5.82. The van der Waals surface area contributed by atoms with Gasteiger partial charge in [-0.15, -0.1) is 0 Å². The van der Waals surface area contributed by atoms with Gasteiger partial charge >= 0.3 is 0 Å². The van der Waals surface area contributed by atoms with Crippen molar-refractivity contribution in [2.45, 2.75) is 32.6 Å². The molecule has 1 aliphatic heterocycles. The lowest BCUT2D eigenvalue weighted by Crippen LogP contribution is -2.42. The third-order valence-electron chi connectivity index (χ3n) is 2.61. The molecule has 1 heterocycles. The normalized spacial score (nSPS) is 22.6. The number of carbonyl (C=O) groups excluding carboxylic acids is 1. The molecule has 4 heteroatoms. The summed E-state index contributed by atoms with van der Waals surface area (Å²) in [5.74, 6) is -2.38. The number of piperidine rings is 1. The summed E-state index contributed by atoms with van der Waals surface area (Å²) in [6, 6.07) is 0. The van der Waals surface area contributed by atoms with Gasteiger partial charge < -0.3 is 0 Å². The Labute approximate surface area is 83.3 Å². The maximum atomic E-state index is 12.8. The molecule has 0 bridgehead atoms. The number of nitrogens with zero attached hydrogens (tertiary/aromatic N) is 1. The van der Waals surface area contributed by atoms with Crippen LogP contribution in [0.25, 0.3) is 0 Å². The average molecular weight is 205 g/mol. The van der Waals surface area contributed by atoms with Gasteiger partial charge in [-0.1, -0.05) is 13.8 Å². The number of hydrogen-bond acceptors (Lipinski definition) is 2. The summed E-state index contributed by atoms with van der Waals surface area (Å²) in [5.41, 5.74) is 0. The lowest BCUT2D eigenvalue weighted by atomic mass is 10.0. The van der Waals surface area contributed by atoms with Crippen LogP contribution in [-0.2, 0) is 4.79 Å². The minimum absolute atomic E-state index is 0.00237. The van der Waals surface area contributed by atoms with Gasteiger partial charge in [-0.3, -0.25) is 9.69 Å². The molecule has 1 fully saturated rings. The SMILES string of the molecule is CC(C)C(=O)CN1CCC(F)(F)CC1. The summed E-state index contributed by atoms with van der Waals surface area (Å²) >= 11 is 0. The van der Waals surface area contributed by atoms with E-state index in [1.165, 1.54) is 0 Å². The Morgan fingerprint density at radius 1 is 1.36 bits per heavy atom. The highest BCUT2D eigenvalue weighted by atomic mass is 19.3. The lowest BCUT2D eigenvalue weighted by Gasteiger charge is -2.31. The Hall–Kier alpha value is -0.510. The van der Waals surface area contributed by atoms with E-state index in [2.05, 4.69) is 0 Å². The summed E-state index contributed by atoms with van der Waals surface area (Å²) in [4.78, 5) is 13.2. The van der Waals surface area contributed by atoms with Gasteiger partial charge in [-0.05, 0) is 0 Å². The number of likely N-dealkylation sites (tertiary alicyclic amines) is 1. The largest absolute Gasteiger partial charge is 0.298 e. The predicted octanol–water partition coefficient (Wildman–Crippen LogP) is 1.94. The Morgan fingerprint density at radius 3 is 2.29 bits per heavy atom. The Morgan fingerprint density at radius 2 is 1.86 bits per heavy atom. The van der Waals surface area contributed by atoms with Crippen molar-refractivity contribution in [3.05, 3.63) is 0 Å². The number of ketones is 1. The first kappa shape index (κ1) is 11.6. The molecule has 1 saturated heterocycles. The predicted molar refractivity (Wildman–Crippen MR) is 50.5 cm³/mol. The minimum Gasteiger partial charge on any atom is -0.298 e. The zero-order valence-electron chi connectivity index (χ0n) is 8.72. The van der Waals surface area contributed by atoms with Crippen molar-refractivity contribution < 1.29 is 13.6 Å².